The molecule has 2 aromatic rings. The van der Waals surface area contributed by atoms with Crippen molar-refractivity contribution in [3.8, 4) is 0 Å². The smallest absolute Gasteiger partial charge is 0.407 e. The molecule has 0 radical (unpaired) electrons. The zero-order valence-electron chi connectivity index (χ0n) is 22.9. The third kappa shape index (κ3) is 8.21. The van der Waals surface area contributed by atoms with Crippen molar-refractivity contribution < 1.29 is 38.7 Å². The normalized spacial score (nSPS) is 18.3. The molecule has 1 fully saturated rings. The molecule has 0 aromatic carbocycles. The molecule has 20 heteroatoms. The summed E-state index contributed by atoms with van der Waals surface area (Å²) in [5.74, 6) is -2.00. The highest BCUT2D eigenvalue weighted by Gasteiger charge is 2.54. The van der Waals surface area contributed by atoms with E-state index in [4.69, 9.17) is 9.57 Å². The third-order valence-corrected chi connectivity index (χ3v) is 9.47. The van der Waals surface area contributed by atoms with E-state index in [0.29, 0.717) is 27.8 Å². The number of carbonyl (C=O) groups excluding carboxylic acids is 4. The van der Waals surface area contributed by atoms with Gasteiger partial charge in [0.2, 0.25) is 6.41 Å². The number of carbonyl (C=O) groups is 5. The van der Waals surface area contributed by atoms with Gasteiger partial charge < -0.3 is 30.6 Å². The summed E-state index contributed by atoms with van der Waals surface area (Å²) in [4.78, 5) is 71.8. The van der Waals surface area contributed by atoms with E-state index >= 15 is 0 Å². The van der Waals surface area contributed by atoms with Gasteiger partial charge in [-0.1, -0.05) is 28.3 Å². The minimum atomic E-state index is -1.25. The van der Waals surface area contributed by atoms with Gasteiger partial charge in [-0.15, -0.1) is 33.3 Å². The lowest BCUT2D eigenvalue weighted by molar-refractivity contribution is -0.150. The molecule has 0 bridgehead atoms. The number of carboxylic acids is 1. The van der Waals surface area contributed by atoms with Gasteiger partial charge in [0.25, 0.3) is 11.8 Å². The maximum absolute atomic E-state index is 13.3. The number of rotatable bonds is 13. The highest BCUT2D eigenvalue weighted by molar-refractivity contribution is 8.01. The summed E-state index contributed by atoms with van der Waals surface area (Å²) in [5, 5.41) is 30.0. The quantitative estimate of drug-likeness (QED) is 0.0592. The first kappa shape index (κ1) is 32.2. The molecular formula is C23H26N8O8S4. The Kier molecular flexibility index (Phi) is 10.6. The standard InChI is InChI=1S/C23H26N8O8S4/c1-23(2,3)39-21(37)24-4-5-38-30-13(12-8-41-20(27-12)25-9-32)16(33)28-14-17(34)31-15(19(35)36)11(6-40-18(14)31)7-42-22-29-26-10-43-22/h8-10,14,18H,4-7H2,1-3H3,(H,24,37)(H,28,33)(H,35,36)(H,25,27,32)/b30-13+/t14?,18-/m1/s1. The fraction of sp³-hybridized carbons (Fsp3) is 0.435. The van der Waals surface area contributed by atoms with Gasteiger partial charge in [0.1, 0.15) is 40.5 Å². The van der Waals surface area contributed by atoms with Gasteiger partial charge in [-0.2, -0.15) is 0 Å². The van der Waals surface area contributed by atoms with Crippen LogP contribution in [0.2, 0.25) is 0 Å². The highest BCUT2D eigenvalue weighted by atomic mass is 32.2. The molecule has 0 saturated carbocycles. The van der Waals surface area contributed by atoms with E-state index in [1.54, 1.807) is 26.3 Å². The number of nitrogens with zero attached hydrogens (tertiary/aromatic N) is 5. The van der Waals surface area contributed by atoms with Crippen LogP contribution in [0.25, 0.3) is 0 Å². The molecule has 0 aliphatic carbocycles. The Labute approximate surface area is 261 Å². The molecule has 2 aliphatic heterocycles. The topological polar surface area (TPSA) is 214 Å². The highest BCUT2D eigenvalue weighted by Crippen LogP contribution is 2.41. The summed E-state index contributed by atoms with van der Waals surface area (Å²) in [7, 11) is 0. The minimum Gasteiger partial charge on any atom is -0.477 e. The first-order valence-electron chi connectivity index (χ1n) is 12.4. The summed E-state index contributed by atoms with van der Waals surface area (Å²) in [6, 6.07) is -1.03. The fourth-order valence-corrected chi connectivity index (χ4v) is 7.33. The SMILES string of the molecule is CC(C)(C)OC(=O)NCCO/N=C(/C(=O)NC1C(=O)N2C(C(=O)O)=C(CSc3nncs3)CS[C@H]12)c1csc(NC=O)n1. The number of alkyl carbamates (subject to hydrolysis) is 1. The number of anilines is 1. The maximum Gasteiger partial charge on any atom is 0.407 e. The Morgan fingerprint density at radius 2 is 2.09 bits per heavy atom. The van der Waals surface area contributed by atoms with Crippen LogP contribution in [0.3, 0.4) is 0 Å². The molecule has 1 unspecified atom stereocenters. The van der Waals surface area contributed by atoms with Crippen LogP contribution in [0.1, 0.15) is 26.5 Å². The maximum atomic E-state index is 13.3. The van der Waals surface area contributed by atoms with Gasteiger partial charge in [0, 0.05) is 16.9 Å². The van der Waals surface area contributed by atoms with Crippen molar-refractivity contribution in [1.29, 1.82) is 0 Å². The van der Waals surface area contributed by atoms with Crippen LogP contribution in [0.5, 0.6) is 0 Å². The van der Waals surface area contributed by atoms with E-state index in [1.807, 2.05) is 0 Å². The van der Waals surface area contributed by atoms with Crippen molar-refractivity contribution in [2.24, 2.45) is 5.16 Å². The fourth-order valence-electron chi connectivity index (χ4n) is 3.71. The lowest BCUT2D eigenvalue weighted by Gasteiger charge is -2.49. The van der Waals surface area contributed by atoms with Crippen molar-refractivity contribution >= 4 is 87.3 Å². The molecule has 0 spiro atoms. The van der Waals surface area contributed by atoms with Gasteiger partial charge in [-0.05, 0) is 26.3 Å². The van der Waals surface area contributed by atoms with Crippen molar-refractivity contribution in [2.45, 2.75) is 42.1 Å². The van der Waals surface area contributed by atoms with Crippen molar-refractivity contribution in [3.63, 3.8) is 0 Å². The summed E-state index contributed by atoms with van der Waals surface area (Å²) < 4.78 is 5.81. The van der Waals surface area contributed by atoms with E-state index in [1.165, 1.54) is 45.1 Å². The first-order chi connectivity index (χ1) is 20.5. The Morgan fingerprint density at radius 1 is 1.30 bits per heavy atom. The second-order valence-corrected chi connectivity index (χ2v) is 13.6. The Morgan fingerprint density at radius 3 is 2.77 bits per heavy atom. The molecule has 16 nitrogen and oxygen atoms in total. The van der Waals surface area contributed by atoms with Crippen LogP contribution >= 0.6 is 46.2 Å². The predicted octanol–water partition coefficient (Wildman–Crippen LogP) is 1.34. The number of carboxylic acid groups (broad SMARTS) is 1. The molecule has 2 aromatic heterocycles. The van der Waals surface area contributed by atoms with Gasteiger partial charge in [0.15, 0.2) is 15.2 Å². The van der Waals surface area contributed by atoms with Crippen LogP contribution in [0.4, 0.5) is 9.93 Å². The number of β-lactam (4-membered cyclic amide) rings is 1. The largest absolute Gasteiger partial charge is 0.477 e. The molecule has 43 heavy (non-hydrogen) atoms. The van der Waals surface area contributed by atoms with E-state index in [0.717, 1.165) is 11.3 Å². The number of fused-ring (bicyclic) bond motifs is 1. The first-order valence-corrected chi connectivity index (χ1v) is 16.2. The number of hydrogen-bond acceptors (Lipinski definition) is 15. The van der Waals surface area contributed by atoms with Crippen LogP contribution in [-0.2, 0) is 28.8 Å². The number of aliphatic carboxylic acids is 1. The van der Waals surface area contributed by atoms with Crippen molar-refractivity contribution in [1.82, 2.24) is 30.7 Å². The Hall–Kier alpha value is -3.75. The Balaban J connectivity index is 1.43. The van der Waals surface area contributed by atoms with Gasteiger partial charge >= 0.3 is 12.1 Å². The number of nitrogens with one attached hydrogen (secondary N) is 3. The van der Waals surface area contributed by atoms with E-state index in [9.17, 15) is 29.1 Å². The molecule has 4 heterocycles. The summed E-state index contributed by atoms with van der Waals surface area (Å²) in [6.45, 7) is 5.05. The molecule has 2 aliphatic rings. The number of thiazole rings is 1. The van der Waals surface area contributed by atoms with E-state index < -0.39 is 40.9 Å². The molecule has 1 saturated heterocycles. The number of amides is 4. The molecular weight excluding hydrogens is 645 g/mol. The average Bonchev–Trinajstić information content (AvgIpc) is 3.63. The number of hydrogen-bond donors (Lipinski definition) is 4. The number of ether oxygens (including phenoxy) is 1. The molecule has 2 atom stereocenters. The summed E-state index contributed by atoms with van der Waals surface area (Å²) in [6.07, 6.45) is -0.231. The average molecular weight is 671 g/mol. The third-order valence-electron chi connectivity index (χ3n) is 5.41. The molecule has 230 valence electrons. The van der Waals surface area contributed by atoms with Crippen molar-refractivity contribution in [2.75, 3.05) is 30.0 Å². The van der Waals surface area contributed by atoms with Gasteiger partial charge in [-0.25, -0.2) is 14.6 Å². The van der Waals surface area contributed by atoms with Crippen LogP contribution in [0.15, 0.2) is 31.7 Å². The minimum absolute atomic E-state index is 0.0150. The summed E-state index contributed by atoms with van der Waals surface area (Å²) >= 11 is 5.01. The van der Waals surface area contributed by atoms with Crippen LogP contribution in [-0.4, -0.2) is 103 Å². The lowest BCUT2D eigenvalue weighted by atomic mass is 10.0. The molecule has 4 rings (SSSR count). The van der Waals surface area contributed by atoms with Gasteiger partial charge in [0.05, 0.1) is 6.54 Å². The van der Waals surface area contributed by atoms with Crippen LogP contribution < -0.4 is 16.0 Å². The zero-order chi connectivity index (χ0) is 31.1. The molecule has 4 amide bonds. The Bertz CT molecular complexity index is 1440. The second kappa shape index (κ2) is 14.1. The predicted molar refractivity (Wildman–Crippen MR) is 159 cm³/mol. The van der Waals surface area contributed by atoms with E-state index in [-0.39, 0.29) is 35.4 Å². The number of oxime groups is 1. The van der Waals surface area contributed by atoms with E-state index in [2.05, 4.69) is 36.3 Å². The molecule has 4 N–H and O–H groups in total. The van der Waals surface area contributed by atoms with Crippen LogP contribution in [0, 0.1) is 0 Å². The zero-order valence-corrected chi connectivity index (χ0v) is 26.2. The second-order valence-electron chi connectivity index (χ2n) is 9.61. The number of thioether (sulfide) groups is 2. The summed E-state index contributed by atoms with van der Waals surface area (Å²) in [5.41, 5.74) is 1.10. The van der Waals surface area contributed by atoms with Gasteiger partial charge in [-0.3, -0.25) is 19.3 Å². The van der Waals surface area contributed by atoms with Crippen molar-refractivity contribution in [3.05, 3.63) is 27.9 Å². The monoisotopic (exact) mass is 670 g/mol. The lowest BCUT2D eigenvalue weighted by Crippen LogP contribution is -2.71. The number of aromatic nitrogens is 3.